The van der Waals surface area contributed by atoms with Gasteiger partial charge in [0.2, 0.25) is 0 Å². The molecule has 1 aromatic carbocycles. The minimum Gasteiger partial charge on any atom is -0.492 e. The van der Waals surface area contributed by atoms with E-state index in [0.29, 0.717) is 5.02 Å². The Hall–Kier alpha value is -0.290. The van der Waals surface area contributed by atoms with Crippen LogP contribution in [0, 0.1) is 0 Å². The molecule has 0 aromatic heterocycles. The summed E-state index contributed by atoms with van der Waals surface area (Å²) in [6, 6.07) is 5.58. The number of methoxy groups -OCH3 is 1. The average molecular weight is 352 g/mol. The van der Waals surface area contributed by atoms with Crippen molar-refractivity contribution in [3.8, 4) is 5.75 Å². The standard InChI is InChI=1S/C14H21BrClNO2/c1-18-9-4-8-17-7-2-3-10-19-14-6-5-12(16)11-13(14)15/h5-6,11,17H,2-4,7-10H2,1H3/p+1. The first-order valence-electron chi connectivity index (χ1n) is 6.62. The van der Waals surface area contributed by atoms with Gasteiger partial charge in [0.1, 0.15) is 5.75 Å². The zero-order valence-corrected chi connectivity index (χ0v) is 13.7. The highest BCUT2D eigenvalue weighted by molar-refractivity contribution is 9.10. The minimum absolute atomic E-state index is 0.713. The van der Waals surface area contributed by atoms with Crippen LogP contribution in [0.5, 0.6) is 5.75 Å². The molecule has 108 valence electrons. The molecule has 1 rings (SSSR count). The second-order valence-electron chi connectivity index (χ2n) is 4.34. The number of nitrogens with two attached hydrogens (primary N) is 1. The Morgan fingerprint density at radius 2 is 1.95 bits per heavy atom. The van der Waals surface area contributed by atoms with E-state index in [4.69, 9.17) is 21.1 Å². The quantitative estimate of drug-likeness (QED) is 0.658. The van der Waals surface area contributed by atoms with Crippen LogP contribution in [0.3, 0.4) is 0 Å². The van der Waals surface area contributed by atoms with Gasteiger partial charge < -0.3 is 14.8 Å². The molecule has 0 aliphatic heterocycles. The molecule has 1 aromatic rings. The van der Waals surface area contributed by atoms with Crippen molar-refractivity contribution in [2.24, 2.45) is 0 Å². The van der Waals surface area contributed by atoms with E-state index in [1.54, 1.807) is 7.11 Å². The average Bonchev–Trinajstić information content (AvgIpc) is 2.39. The Balaban J connectivity index is 2.01. The van der Waals surface area contributed by atoms with Gasteiger partial charge in [0.15, 0.2) is 0 Å². The van der Waals surface area contributed by atoms with E-state index in [9.17, 15) is 0 Å². The van der Waals surface area contributed by atoms with E-state index in [1.165, 1.54) is 0 Å². The maximum absolute atomic E-state index is 5.87. The van der Waals surface area contributed by atoms with E-state index >= 15 is 0 Å². The Morgan fingerprint density at radius 1 is 1.16 bits per heavy atom. The number of halogens is 2. The number of hydrogen-bond donors (Lipinski definition) is 1. The third kappa shape index (κ3) is 7.78. The van der Waals surface area contributed by atoms with Gasteiger partial charge in [-0.15, -0.1) is 0 Å². The molecule has 2 N–H and O–H groups in total. The van der Waals surface area contributed by atoms with Gasteiger partial charge >= 0.3 is 0 Å². The predicted octanol–water partition coefficient (Wildman–Crippen LogP) is 2.86. The molecule has 0 heterocycles. The molecule has 0 saturated heterocycles. The summed E-state index contributed by atoms with van der Waals surface area (Å²) in [6.07, 6.45) is 3.35. The first kappa shape index (κ1) is 16.8. The van der Waals surface area contributed by atoms with Crippen molar-refractivity contribution in [3.05, 3.63) is 27.7 Å². The minimum atomic E-state index is 0.713. The molecule has 0 unspecified atom stereocenters. The van der Waals surface area contributed by atoms with Crippen LogP contribution in [0.4, 0.5) is 0 Å². The number of ether oxygens (including phenoxy) is 2. The molecule has 19 heavy (non-hydrogen) atoms. The Labute approximate surface area is 128 Å². The highest BCUT2D eigenvalue weighted by Gasteiger charge is 2.01. The Bertz CT molecular complexity index is 363. The van der Waals surface area contributed by atoms with E-state index < -0.39 is 0 Å². The van der Waals surface area contributed by atoms with Crippen LogP contribution < -0.4 is 10.1 Å². The summed E-state index contributed by atoms with van der Waals surface area (Å²) in [5, 5.41) is 3.04. The molecule has 0 aliphatic rings. The number of hydrogen-bond acceptors (Lipinski definition) is 2. The molecule has 0 atom stereocenters. The highest BCUT2D eigenvalue weighted by Crippen LogP contribution is 2.27. The first-order chi connectivity index (χ1) is 9.24. The van der Waals surface area contributed by atoms with Crippen molar-refractivity contribution >= 4 is 27.5 Å². The molecule has 0 bridgehead atoms. The zero-order valence-electron chi connectivity index (χ0n) is 11.3. The maximum atomic E-state index is 5.87. The largest absolute Gasteiger partial charge is 0.492 e. The normalized spacial score (nSPS) is 10.7. The summed E-state index contributed by atoms with van der Waals surface area (Å²) in [4.78, 5) is 0. The molecule has 0 amide bonds. The number of unbranched alkanes of at least 4 members (excludes halogenated alkanes) is 1. The van der Waals surface area contributed by atoms with Crippen LogP contribution in [-0.2, 0) is 4.74 Å². The third-order valence-corrected chi connectivity index (χ3v) is 3.57. The molecule has 3 nitrogen and oxygen atoms in total. The summed E-state index contributed by atoms with van der Waals surface area (Å²) in [6.45, 7) is 3.88. The van der Waals surface area contributed by atoms with Crippen molar-refractivity contribution in [3.63, 3.8) is 0 Å². The molecule has 0 spiro atoms. The van der Waals surface area contributed by atoms with Crippen LogP contribution in [0.2, 0.25) is 5.02 Å². The van der Waals surface area contributed by atoms with Crippen LogP contribution in [0.15, 0.2) is 22.7 Å². The van der Waals surface area contributed by atoms with E-state index in [2.05, 4.69) is 21.2 Å². The molecular weight excluding hydrogens is 330 g/mol. The van der Waals surface area contributed by atoms with Gasteiger partial charge in [-0.1, -0.05) is 11.6 Å². The summed E-state index contributed by atoms with van der Waals surface area (Å²) in [5.74, 6) is 0.855. The molecule has 0 aliphatic carbocycles. The molecule has 5 heteroatoms. The lowest BCUT2D eigenvalue weighted by molar-refractivity contribution is -0.655. The van der Waals surface area contributed by atoms with Gasteiger partial charge in [0.05, 0.1) is 30.8 Å². The lowest BCUT2D eigenvalue weighted by atomic mass is 10.3. The van der Waals surface area contributed by atoms with E-state index in [-0.39, 0.29) is 0 Å². The molecule has 0 fully saturated rings. The van der Waals surface area contributed by atoms with Crippen molar-refractivity contribution in [1.29, 1.82) is 0 Å². The van der Waals surface area contributed by atoms with Crippen LogP contribution in [0.25, 0.3) is 0 Å². The van der Waals surface area contributed by atoms with Gasteiger partial charge in [0, 0.05) is 18.6 Å². The fourth-order valence-electron chi connectivity index (χ4n) is 1.68. The lowest BCUT2D eigenvalue weighted by Crippen LogP contribution is -2.84. The number of rotatable bonds is 10. The molecule has 0 radical (unpaired) electrons. The van der Waals surface area contributed by atoms with Crippen LogP contribution in [0.1, 0.15) is 19.3 Å². The zero-order chi connectivity index (χ0) is 13.9. The maximum Gasteiger partial charge on any atom is 0.133 e. The number of benzene rings is 1. The fourth-order valence-corrected chi connectivity index (χ4v) is 2.48. The monoisotopic (exact) mass is 350 g/mol. The smallest absolute Gasteiger partial charge is 0.133 e. The van der Waals surface area contributed by atoms with Crippen molar-refractivity contribution in [1.82, 2.24) is 0 Å². The molecular formula is C14H22BrClNO2+. The third-order valence-electron chi connectivity index (χ3n) is 2.71. The van der Waals surface area contributed by atoms with Crippen molar-refractivity contribution in [2.75, 3.05) is 33.4 Å². The Kier molecular flexibility index (Phi) is 9.26. The summed E-state index contributed by atoms with van der Waals surface area (Å²) >= 11 is 9.31. The van der Waals surface area contributed by atoms with Gasteiger partial charge in [-0.05, 0) is 47.0 Å². The second-order valence-corrected chi connectivity index (χ2v) is 5.63. The van der Waals surface area contributed by atoms with Crippen molar-refractivity contribution in [2.45, 2.75) is 19.3 Å². The number of quaternary nitrogens is 1. The second kappa shape index (κ2) is 10.5. The van der Waals surface area contributed by atoms with Crippen LogP contribution in [-0.4, -0.2) is 33.4 Å². The summed E-state index contributed by atoms with van der Waals surface area (Å²) in [5.41, 5.74) is 0. The summed E-state index contributed by atoms with van der Waals surface area (Å²) in [7, 11) is 1.74. The lowest BCUT2D eigenvalue weighted by Gasteiger charge is -2.08. The topological polar surface area (TPSA) is 35.1 Å². The van der Waals surface area contributed by atoms with Gasteiger partial charge in [-0.3, -0.25) is 0 Å². The van der Waals surface area contributed by atoms with Gasteiger partial charge in [0.25, 0.3) is 0 Å². The van der Waals surface area contributed by atoms with Crippen LogP contribution >= 0.6 is 27.5 Å². The van der Waals surface area contributed by atoms with Gasteiger partial charge in [-0.2, -0.15) is 0 Å². The Morgan fingerprint density at radius 3 is 2.68 bits per heavy atom. The highest BCUT2D eigenvalue weighted by atomic mass is 79.9. The molecule has 0 saturated carbocycles. The van der Waals surface area contributed by atoms with E-state index in [1.807, 2.05) is 18.2 Å². The van der Waals surface area contributed by atoms with Crippen molar-refractivity contribution < 1.29 is 14.8 Å². The van der Waals surface area contributed by atoms with E-state index in [0.717, 1.165) is 55.8 Å². The predicted molar refractivity (Wildman–Crippen MR) is 82.0 cm³/mol. The SMILES string of the molecule is COCCC[NH2+]CCCCOc1ccc(Cl)cc1Br. The first-order valence-corrected chi connectivity index (χ1v) is 7.79. The fraction of sp³-hybridized carbons (Fsp3) is 0.571. The summed E-state index contributed by atoms with van der Waals surface area (Å²) < 4.78 is 11.6. The van der Waals surface area contributed by atoms with Gasteiger partial charge in [-0.25, -0.2) is 0 Å².